The standard InChI is InChI=1S/C18H15ClN2O4/c1-25-13-5-2-11(3-6-13)16(22)20-8-9-21-17(23)14-7-4-12(19)10-15(14)18(21)24/h2-7,10H,8-9H2,1H3,(H,20,22). The zero-order valence-corrected chi connectivity index (χ0v) is 14.2. The van der Waals surface area contributed by atoms with Crippen molar-refractivity contribution < 1.29 is 19.1 Å². The minimum absolute atomic E-state index is 0.0891. The SMILES string of the molecule is COc1ccc(C(=O)NCCN2C(=O)c3ccc(Cl)cc3C2=O)cc1. The predicted octanol–water partition coefficient (Wildman–Crippen LogP) is 2.37. The monoisotopic (exact) mass is 358 g/mol. The molecule has 25 heavy (non-hydrogen) atoms. The number of rotatable bonds is 5. The number of carbonyl (C=O) groups excluding carboxylic acids is 3. The number of imide groups is 1. The van der Waals surface area contributed by atoms with Gasteiger partial charge in [0, 0.05) is 23.7 Å². The van der Waals surface area contributed by atoms with Gasteiger partial charge in [0.25, 0.3) is 17.7 Å². The molecule has 1 aliphatic rings. The molecule has 3 rings (SSSR count). The highest BCUT2D eigenvalue weighted by molar-refractivity contribution is 6.32. The van der Waals surface area contributed by atoms with Crippen molar-refractivity contribution >= 4 is 29.3 Å². The zero-order chi connectivity index (χ0) is 18.0. The first kappa shape index (κ1) is 17.0. The highest BCUT2D eigenvalue weighted by Gasteiger charge is 2.35. The smallest absolute Gasteiger partial charge is 0.261 e. The van der Waals surface area contributed by atoms with Gasteiger partial charge in [0.2, 0.25) is 0 Å². The van der Waals surface area contributed by atoms with Crippen LogP contribution in [-0.4, -0.2) is 42.8 Å². The normalized spacial score (nSPS) is 13.0. The van der Waals surface area contributed by atoms with E-state index in [2.05, 4.69) is 5.32 Å². The molecule has 1 aliphatic heterocycles. The Kier molecular flexibility index (Phi) is 4.72. The van der Waals surface area contributed by atoms with Gasteiger partial charge in [0.15, 0.2) is 0 Å². The predicted molar refractivity (Wildman–Crippen MR) is 92.1 cm³/mol. The lowest BCUT2D eigenvalue weighted by Crippen LogP contribution is -2.38. The number of ether oxygens (including phenoxy) is 1. The van der Waals surface area contributed by atoms with Crippen LogP contribution >= 0.6 is 11.6 Å². The van der Waals surface area contributed by atoms with Gasteiger partial charge in [-0.15, -0.1) is 0 Å². The van der Waals surface area contributed by atoms with Crippen LogP contribution in [0.2, 0.25) is 5.02 Å². The third kappa shape index (κ3) is 3.34. The lowest BCUT2D eigenvalue weighted by atomic mass is 10.1. The number of benzene rings is 2. The molecule has 2 aromatic rings. The van der Waals surface area contributed by atoms with Gasteiger partial charge < -0.3 is 10.1 Å². The first-order chi connectivity index (χ1) is 12.0. The van der Waals surface area contributed by atoms with Gasteiger partial charge in [-0.1, -0.05) is 11.6 Å². The van der Waals surface area contributed by atoms with E-state index in [4.69, 9.17) is 16.3 Å². The van der Waals surface area contributed by atoms with Gasteiger partial charge in [-0.2, -0.15) is 0 Å². The zero-order valence-electron chi connectivity index (χ0n) is 13.4. The maximum Gasteiger partial charge on any atom is 0.261 e. The molecule has 0 fully saturated rings. The van der Waals surface area contributed by atoms with Gasteiger partial charge >= 0.3 is 0 Å². The van der Waals surface area contributed by atoms with Crippen LogP contribution in [0.4, 0.5) is 0 Å². The second-order valence-corrected chi connectivity index (χ2v) is 5.87. The van der Waals surface area contributed by atoms with E-state index in [1.54, 1.807) is 37.4 Å². The summed E-state index contributed by atoms with van der Waals surface area (Å²) in [6.45, 7) is 0.246. The Morgan fingerprint density at radius 3 is 2.44 bits per heavy atom. The maximum absolute atomic E-state index is 12.3. The summed E-state index contributed by atoms with van der Waals surface area (Å²) in [4.78, 5) is 37.8. The van der Waals surface area contributed by atoms with E-state index in [9.17, 15) is 14.4 Å². The largest absolute Gasteiger partial charge is 0.497 e. The van der Waals surface area contributed by atoms with E-state index >= 15 is 0 Å². The van der Waals surface area contributed by atoms with Crippen molar-refractivity contribution in [2.24, 2.45) is 0 Å². The van der Waals surface area contributed by atoms with Crippen molar-refractivity contribution in [1.82, 2.24) is 10.2 Å². The highest BCUT2D eigenvalue weighted by atomic mass is 35.5. The number of carbonyl (C=O) groups is 3. The molecule has 0 atom stereocenters. The lowest BCUT2D eigenvalue weighted by Gasteiger charge is -2.14. The molecule has 1 N–H and O–H groups in total. The minimum atomic E-state index is -0.402. The third-order valence-corrected chi connectivity index (χ3v) is 4.14. The highest BCUT2D eigenvalue weighted by Crippen LogP contribution is 2.25. The maximum atomic E-state index is 12.3. The van der Waals surface area contributed by atoms with E-state index < -0.39 is 5.91 Å². The Labute approximate surface area is 149 Å². The van der Waals surface area contributed by atoms with Crippen molar-refractivity contribution in [3.63, 3.8) is 0 Å². The molecular formula is C18H15ClN2O4. The van der Waals surface area contributed by atoms with Crippen molar-refractivity contribution in [1.29, 1.82) is 0 Å². The summed E-state index contributed by atoms with van der Waals surface area (Å²) < 4.78 is 5.04. The summed E-state index contributed by atoms with van der Waals surface area (Å²) in [6, 6.07) is 11.2. The molecule has 1 heterocycles. The average Bonchev–Trinajstić information content (AvgIpc) is 2.86. The van der Waals surface area contributed by atoms with Crippen LogP contribution in [0.3, 0.4) is 0 Å². The van der Waals surface area contributed by atoms with E-state index in [0.29, 0.717) is 27.5 Å². The molecule has 0 bridgehead atoms. The van der Waals surface area contributed by atoms with E-state index in [1.165, 1.54) is 12.1 Å². The molecule has 0 aromatic heterocycles. The van der Waals surface area contributed by atoms with Crippen LogP contribution in [0.25, 0.3) is 0 Å². The van der Waals surface area contributed by atoms with Gasteiger partial charge in [-0.3, -0.25) is 19.3 Å². The van der Waals surface area contributed by atoms with Crippen LogP contribution in [0, 0.1) is 0 Å². The number of fused-ring (bicyclic) bond motifs is 1. The van der Waals surface area contributed by atoms with Gasteiger partial charge in [-0.05, 0) is 42.5 Å². The number of halogens is 1. The van der Waals surface area contributed by atoms with E-state index in [0.717, 1.165) is 4.90 Å². The molecule has 7 heteroatoms. The Morgan fingerprint density at radius 1 is 1.08 bits per heavy atom. The molecule has 0 aliphatic carbocycles. The van der Waals surface area contributed by atoms with Crippen molar-refractivity contribution in [2.45, 2.75) is 0 Å². The summed E-state index contributed by atoms with van der Waals surface area (Å²) in [5, 5.41) is 3.09. The number of nitrogens with one attached hydrogen (secondary N) is 1. The second kappa shape index (κ2) is 6.94. The molecule has 0 unspecified atom stereocenters. The fraction of sp³-hybridized carbons (Fsp3) is 0.167. The van der Waals surface area contributed by atoms with Crippen LogP contribution in [0.15, 0.2) is 42.5 Å². The van der Waals surface area contributed by atoms with E-state index in [1.807, 2.05) is 0 Å². The topological polar surface area (TPSA) is 75.7 Å². The van der Waals surface area contributed by atoms with Crippen molar-refractivity contribution in [3.05, 3.63) is 64.2 Å². The molecule has 0 spiro atoms. The summed E-state index contributed by atoms with van der Waals surface area (Å²) in [5.74, 6) is -0.417. The molecule has 0 radical (unpaired) electrons. The molecule has 2 aromatic carbocycles. The van der Waals surface area contributed by atoms with Crippen LogP contribution in [0.5, 0.6) is 5.75 Å². The Hall–Kier alpha value is -2.86. The quantitative estimate of drug-likeness (QED) is 0.833. The second-order valence-electron chi connectivity index (χ2n) is 5.44. The first-order valence-electron chi connectivity index (χ1n) is 7.59. The summed E-state index contributed by atoms with van der Waals surface area (Å²) in [6.07, 6.45) is 0. The summed E-state index contributed by atoms with van der Waals surface area (Å²) >= 11 is 5.87. The number of amides is 3. The molecule has 0 saturated carbocycles. The first-order valence-corrected chi connectivity index (χ1v) is 7.97. The molecule has 0 saturated heterocycles. The minimum Gasteiger partial charge on any atom is -0.497 e. The number of nitrogens with zero attached hydrogens (tertiary/aromatic N) is 1. The lowest BCUT2D eigenvalue weighted by molar-refractivity contribution is 0.0650. The molecule has 6 nitrogen and oxygen atoms in total. The molecule has 3 amide bonds. The summed E-state index contributed by atoms with van der Waals surface area (Å²) in [7, 11) is 1.55. The molecule has 128 valence electrons. The van der Waals surface area contributed by atoms with Crippen molar-refractivity contribution in [3.8, 4) is 5.75 Å². The van der Waals surface area contributed by atoms with Crippen molar-refractivity contribution in [2.75, 3.05) is 20.2 Å². The van der Waals surface area contributed by atoms with Crippen LogP contribution < -0.4 is 10.1 Å². The molecular weight excluding hydrogens is 344 g/mol. The fourth-order valence-electron chi connectivity index (χ4n) is 2.59. The van der Waals surface area contributed by atoms with Crippen LogP contribution in [0.1, 0.15) is 31.1 Å². The average molecular weight is 359 g/mol. The van der Waals surface area contributed by atoms with E-state index in [-0.39, 0.29) is 24.9 Å². The summed E-state index contributed by atoms with van der Waals surface area (Å²) in [5.41, 5.74) is 1.09. The van der Waals surface area contributed by atoms with Crippen LogP contribution in [-0.2, 0) is 0 Å². The van der Waals surface area contributed by atoms with Gasteiger partial charge in [0.05, 0.1) is 18.2 Å². The number of hydrogen-bond donors (Lipinski definition) is 1. The number of methoxy groups -OCH3 is 1. The van der Waals surface area contributed by atoms with Gasteiger partial charge in [-0.25, -0.2) is 0 Å². The third-order valence-electron chi connectivity index (χ3n) is 3.91. The van der Waals surface area contributed by atoms with Gasteiger partial charge in [0.1, 0.15) is 5.75 Å². The fourth-order valence-corrected chi connectivity index (χ4v) is 2.76. The Morgan fingerprint density at radius 2 is 1.76 bits per heavy atom. The Bertz CT molecular complexity index is 849. The number of hydrogen-bond acceptors (Lipinski definition) is 4. The Balaban J connectivity index is 1.60.